The van der Waals surface area contributed by atoms with Crippen molar-refractivity contribution in [2.24, 2.45) is 0 Å². The molecule has 4 aromatic rings. The van der Waals surface area contributed by atoms with E-state index in [2.05, 4.69) is 43.8 Å². The number of hydrogen-bond acceptors (Lipinski definition) is 5. The Bertz CT molecular complexity index is 1020. The molecular formula is C21H19N5S. The van der Waals surface area contributed by atoms with Crippen LogP contribution < -0.4 is 0 Å². The first-order chi connectivity index (χ1) is 13.3. The van der Waals surface area contributed by atoms with E-state index in [4.69, 9.17) is 0 Å². The molecule has 0 amide bonds. The van der Waals surface area contributed by atoms with Crippen molar-refractivity contribution < 1.29 is 0 Å². The van der Waals surface area contributed by atoms with Crippen molar-refractivity contribution in [1.29, 1.82) is 0 Å². The van der Waals surface area contributed by atoms with Crippen LogP contribution in [0.4, 0.5) is 0 Å². The average Bonchev–Trinajstić information content (AvgIpc) is 3.13. The predicted molar refractivity (Wildman–Crippen MR) is 108 cm³/mol. The van der Waals surface area contributed by atoms with Crippen molar-refractivity contribution in [3.63, 3.8) is 0 Å². The van der Waals surface area contributed by atoms with Crippen LogP contribution in [-0.2, 0) is 6.42 Å². The van der Waals surface area contributed by atoms with Gasteiger partial charge >= 0.3 is 0 Å². The fourth-order valence-electron chi connectivity index (χ4n) is 2.87. The van der Waals surface area contributed by atoms with Crippen molar-refractivity contribution >= 4 is 11.8 Å². The van der Waals surface area contributed by atoms with Gasteiger partial charge in [0.2, 0.25) is 0 Å². The maximum atomic E-state index is 4.47. The number of pyridine rings is 2. The number of aromatic nitrogens is 5. The highest BCUT2D eigenvalue weighted by molar-refractivity contribution is 7.99. The fourth-order valence-corrected chi connectivity index (χ4v) is 3.78. The van der Waals surface area contributed by atoms with Gasteiger partial charge in [-0.15, -0.1) is 10.2 Å². The standard InChI is InChI=1S/C21H19N5S/c1-16-7-2-3-10-19(16)26-20(17-8-6-12-22-15-17)24-25-21(26)27-14-11-18-9-4-5-13-23-18/h2-10,12-13,15H,11,14H2,1H3. The first-order valence-corrected chi connectivity index (χ1v) is 9.76. The molecule has 4 rings (SSSR count). The third-order valence-corrected chi connectivity index (χ3v) is 5.16. The van der Waals surface area contributed by atoms with Crippen molar-refractivity contribution in [3.05, 3.63) is 84.4 Å². The lowest BCUT2D eigenvalue weighted by Gasteiger charge is -2.12. The van der Waals surface area contributed by atoms with E-state index in [1.807, 2.05) is 54.9 Å². The van der Waals surface area contributed by atoms with Gasteiger partial charge in [-0.3, -0.25) is 14.5 Å². The minimum Gasteiger partial charge on any atom is -0.270 e. The van der Waals surface area contributed by atoms with Crippen LogP contribution in [0.5, 0.6) is 0 Å². The van der Waals surface area contributed by atoms with Gasteiger partial charge in [-0.1, -0.05) is 36.0 Å². The summed E-state index contributed by atoms with van der Waals surface area (Å²) in [6.45, 7) is 2.10. The van der Waals surface area contributed by atoms with E-state index in [1.165, 1.54) is 5.56 Å². The quantitative estimate of drug-likeness (QED) is 0.470. The average molecular weight is 373 g/mol. The predicted octanol–water partition coefficient (Wildman–Crippen LogP) is 4.37. The molecule has 134 valence electrons. The molecule has 0 saturated heterocycles. The third-order valence-electron chi connectivity index (χ3n) is 4.22. The number of benzene rings is 1. The molecule has 0 spiro atoms. The molecule has 3 heterocycles. The molecule has 27 heavy (non-hydrogen) atoms. The second-order valence-electron chi connectivity index (χ2n) is 6.09. The number of nitrogens with zero attached hydrogens (tertiary/aromatic N) is 5. The zero-order chi connectivity index (χ0) is 18.5. The minimum atomic E-state index is 0.803. The number of rotatable bonds is 6. The van der Waals surface area contributed by atoms with E-state index < -0.39 is 0 Å². The Balaban J connectivity index is 1.67. The van der Waals surface area contributed by atoms with Crippen LogP contribution in [0.15, 0.2) is 78.3 Å². The summed E-state index contributed by atoms with van der Waals surface area (Å²) in [5.41, 5.74) is 4.29. The minimum absolute atomic E-state index is 0.803. The van der Waals surface area contributed by atoms with Gasteiger partial charge in [0.05, 0.1) is 5.69 Å². The Labute approximate surface area is 162 Å². The van der Waals surface area contributed by atoms with Crippen molar-refractivity contribution in [2.45, 2.75) is 18.5 Å². The first-order valence-electron chi connectivity index (χ1n) is 8.77. The summed E-state index contributed by atoms with van der Waals surface area (Å²) in [5, 5.41) is 9.81. The van der Waals surface area contributed by atoms with Gasteiger partial charge in [0.15, 0.2) is 11.0 Å². The van der Waals surface area contributed by atoms with E-state index >= 15 is 0 Å². The summed E-state index contributed by atoms with van der Waals surface area (Å²) in [5.74, 6) is 1.69. The molecule has 1 aromatic carbocycles. The van der Waals surface area contributed by atoms with Gasteiger partial charge in [-0.25, -0.2) is 0 Å². The summed E-state index contributed by atoms with van der Waals surface area (Å²) in [6, 6.07) is 18.2. The molecule has 0 radical (unpaired) electrons. The summed E-state index contributed by atoms with van der Waals surface area (Å²) in [6.07, 6.45) is 6.30. The Kier molecular flexibility index (Phi) is 5.25. The molecule has 0 aliphatic rings. The van der Waals surface area contributed by atoms with Crippen LogP contribution in [0.25, 0.3) is 17.1 Å². The molecule has 5 nitrogen and oxygen atoms in total. The van der Waals surface area contributed by atoms with Gasteiger partial charge in [0, 0.05) is 35.6 Å². The lowest BCUT2D eigenvalue weighted by atomic mass is 10.2. The SMILES string of the molecule is Cc1ccccc1-n1c(SCCc2ccccn2)nnc1-c1cccnc1. The molecule has 0 saturated carbocycles. The lowest BCUT2D eigenvalue weighted by Crippen LogP contribution is -2.02. The van der Waals surface area contributed by atoms with Crippen molar-refractivity contribution in [3.8, 4) is 17.1 Å². The fraction of sp³-hybridized carbons (Fsp3) is 0.143. The molecule has 0 fully saturated rings. The lowest BCUT2D eigenvalue weighted by molar-refractivity contribution is 0.878. The number of para-hydroxylation sites is 1. The second-order valence-corrected chi connectivity index (χ2v) is 7.15. The van der Waals surface area contributed by atoms with Crippen molar-refractivity contribution in [2.75, 3.05) is 5.75 Å². The van der Waals surface area contributed by atoms with E-state index in [0.29, 0.717) is 0 Å². The molecule has 0 unspecified atom stereocenters. The molecule has 0 atom stereocenters. The zero-order valence-corrected chi connectivity index (χ0v) is 15.8. The number of thioether (sulfide) groups is 1. The number of hydrogen-bond donors (Lipinski definition) is 0. The van der Waals surface area contributed by atoms with Gasteiger partial charge in [0.25, 0.3) is 0 Å². The van der Waals surface area contributed by atoms with Crippen LogP contribution in [0.3, 0.4) is 0 Å². The maximum absolute atomic E-state index is 4.47. The topological polar surface area (TPSA) is 56.5 Å². The first kappa shape index (κ1) is 17.4. The Morgan fingerprint density at radius 2 is 1.81 bits per heavy atom. The summed E-state index contributed by atoms with van der Waals surface area (Å²) >= 11 is 1.69. The molecule has 0 aliphatic heterocycles. The van der Waals surface area contributed by atoms with E-state index in [9.17, 15) is 0 Å². The smallest absolute Gasteiger partial charge is 0.196 e. The van der Waals surface area contributed by atoms with Gasteiger partial charge in [-0.2, -0.15) is 0 Å². The Morgan fingerprint density at radius 3 is 2.59 bits per heavy atom. The monoisotopic (exact) mass is 373 g/mol. The summed E-state index contributed by atoms with van der Waals surface area (Å²) < 4.78 is 2.12. The van der Waals surface area contributed by atoms with Crippen LogP contribution in [-0.4, -0.2) is 30.5 Å². The van der Waals surface area contributed by atoms with Crippen LogP contribution in [0.1, 0.15) is 11.3 Å². The highest BCUT2D eigenvalue weighted by Crippen LogP contribution is 2.29. The van der Waals surface area contributed by atoms with E-state index in [-0.39, 0.29) is 0 Å². The van der Waals surface area contributed by atoms with Gasteiger partial charge in [-0.05, 0) is 49.2 Å². The Hall–Kier alpha value is -2.99. The van der Waals surface area contributed by atoms with E-state index in [1.54, 1.807) is 18.0 Å². The Morgan fingerprint density at radius 1 is 0.926 bits per heavy atom. The highest BCUT2D eigenvalue weighted by atomic mass is 32.2. The van der Waals surface area contributed by atoms with Gasteiger partial charge in [0.1, 0.15) is 0 Å². The maximum Gasteiger partial charge on any atom is 0.196 e. The summed E-state index contributed by atoms with van der Waals surface area (Å²) in [7, 11) is 0. The van der Waals surface area contributed by atoms with Crippen LogP contribution in [0, 0.1) is 6.92 Å². The molecule has 3 aromatic heterocycles. The molecular weight excluding hydrogens is 354 g/mol. The van der Waals surface area contributed by atoms with Gasteiger partial charge < -0.3 is 0 Å². The molecule has 6 heteroatoms. The second kappa shape index (κ2) is 8.14. The molecule has 0 N–H and O–H groups in total. The highest BCUT2D eigenvalue weighted by Gasteiger charge is 2.17. The van der Waals surface area contributed by atoms with Crippen molar-refractivity contribution in [1.82, 2.24) is 24.7 Å². The zero-order valence-electron chi connectivity index (χ0n) is 15.0. The largest absolute Gasteiger partial charge is 0.270 e. The number of aryl methyl sites for hydroxylation is 2. The molecule has 0 aliphatic carbocycles. The van der Waals surface area contributed by atoms with Crippen LogP contribution >= 0.6 is 11.8 Å². The normalized spacial score (nSPS) is 10.9. The molecule has 0 bridgehead atoms. The third kappa shape index (κ3) is 3.90. The van der Waals surface area contributed by atoms with E-state index in [0.717, 1.165) is 40.1 Å². The summed E-state index contributed by atoms with van der Waals surface area (Å²) in [4.78, 5) is 8.63. The van der Waals surface area contributed by atoms with Crippen LogP contribution in [0.2, 0.25) is 0 Å².